The molecule has 0 spiro atoms. The monoisotopic (exact) mass is 157 g/mol. The van der Waals surface area contributed by atoms with Crippen LogP contribution in [0.4, 0.5) is 0 Å². The number of rotatable bonds is 3. The van der Waals surface area contributed by atoms with Crippen molar-refractivity contribution in [3.05, 3.63) is 0 Å². The number of hydrogen-bond donors (Lipinski definition) is 1. The van der Waals surface area contributed by atoms with Gasteiger partial charge in [0.1, 0.15) is 0 Å². The first-order valence-corrected chi connectivity index (χ1v) is 4.72. The van der Waals surface area contributed by atoms with Gasteiger partial charge in [0.05, 0.1) is 0 Å². The van der Waals surface area contributed by atoms with Crippen molar-refractivity contribution in [2.75, 3.05) is 26.3 Å². The summed E-state index contributed by atoms with van der Waals surface area (Å²) in [5, 5.41) is 3.40. The van der Waals surface area contributed by atoms with E-state index in [0.29, 0.717) is 0 Å². The van der Waals surface area contributed by atoms with E-state index in [4.69, 9.17) is 4.74 Å². The third-order valence-electron chi connectivity index (χ3n) is 2.25. The molecule has 1 saturated heterocycles. The van der Waals surface area contributed by atoms with Gasteiger partial charge < -0.3 is 10.1 Å². The van der Waals surface area contributed by atoms with E-state index in [1.54, 1.807) is 0 Å². The van der Waals surface area contributed by atoms with Gasteiger partial charge in [-0.05, 0) is 45.2 Å². The standard InChI is InChI=1S/C9H19NO/c1-2-11-8-9-4-3-6-10-7-5-9/h9-10H,2-8H2,1H3. The smallest absolute Gasteiger partial charge is 0.0494 e. The molecule has 1 heterocycles. The summed E-state index contributed by atoms with van der Waals surface area (Å²) >= 11 is 0. The maximum absolute atomic E-state index is 5.40. The molecular formula is C9H19NO. The van der Waals surface area contributed by atoms with Gasteiger partial charge in [-0.25, -0.2) is 0 Å². The van der Waals surface area contributed by atoms with Gasteiger partial charge in [0.25, 0.3) is 0 Å². The third-order valence-corrected chi connectivity index (χ3v) is 2.25. The Morgan fingerprint density at radius 3 is 3.09 bits per heavy atom. The lowest BCUT2D eigenvalue weighted by Gasteiger charge is -2.12. The first kappa shape index (κ1) is 9.01. The summed E-state index contributed by atoms with van der Waals surface area (Å²) in [5.74, 6) is 0.810. The zero-order valence-electron chi connectivity index (χ0n) is 7.44. The van der Waals surface area contributed by atoms with Crippen molar-refractivity contribution >= 4 is 0 Å². The highest BCUT2D eigenvalue weighted by Crippen LogP contribution is 2.13. The summed E-state index contributed by atoms with van der Waals surface area (Å²) in [5.41, 5.74) is 0. The molecule has 0 saturated carbocycles. The van der Waals surface area contributed by atoms with Crippen molar-refractivity contribution < 1.29 is 4.74 Å². The van der Waals surface area contributed by atoms with E-state index in [2.05, 4.69) is 12.2 Å². The molecular weight excluding hydrogens is 138 g/mol. The van der Waals surface area contributed by atoms with Crippen molar-refractivity contribution in [2.45, 2.75) is 26.2 Å². The maximum atomic E-state index is 5.40. The Morgan fingerprint density at radius 2 is 2.27 bits per heavy atom. The van der Waals surface area contributed by atoms with Crippen LogP contribution >= 0.6 is 0 Å². The van der Waals surface area contributed by atoms with Gasteiger partial charge in [-0.15, -0.1) is 0 Å². The van der Waals surface area contributed by atoms with E-state index in [0.717, 1.165) is 19.1 Å². The van der Waals surface area contributed by atoms with Crippen LogP contribution in [0.25, 0.3) is 0 Å². The van der Waals surface area contributed by atoms with Crippen LogP contribution in [0.3, 0.4) is 0 Å². The molecule has 1 fully saturated rings. The summed E-state index contributed by atoms with van der Waals surface area (Å²) in [4.78, 5) is 0. The fraction of sp³-hybridized carbons (Fsp3) is 1.00. The lowest BCUT2D eigenvalue weighted by atomic mass is 10.0. The second-order valence-electron chi connectivity index (χ2n) is 3.21. The molecule has 2 heteroatoms. The van der Waals surface area contributed by atoms with Crippen LogP contribution in [0.1, 0.15) is 26.2 Å². The molecule has 1 rings (SSSR count). The van der Waals surface area contributed by atoms with E-state index in [-0.39, 0.29) is 0 Å². The summed E-state index contributed by atoms with van der Waals surface area (Å²) in [6.07, 6.45) is 3.95. The van der Waals surface area contributed by atoms with Crippen LogP contribution in [0, 0.1) is 5.92 Å². The van der Waals surface area contributed by atoms with Gasteiger partial charge in [0.2, 0.25) is 0 Å². The predicted molar refractivity (Wildman–Crippen MR) is 46.7 cm³/mol. The van der Waals surface area contributed by atoms with Crippen LogP contribution < -0.4 is 5.32 Å². The van der Waals surface area contributed by atoms with E-state index in [9.17, 15) is 0 Å². The molecule has 1 aliphatic heterocycles. The van der Waals surface area contributed by atoms with E-state index >= 15 is 0 Å². The van der Waals surface area contributed by atoms with Crippen LogP contribution in [0.2, 0.25) is 0 Å². The zero-order valence-corrected chi connectivity index (χ0v) is 7.44. The second kappa shape index (κ2) is 5.56. The normalized spacial score (nSPS) is 26.5. The van der Waals surface area contributed by atoms with E-state index in [1.165, 1.54) is 32.4 Å². The molecule has 0 amide bonds. The Kier molecular flexibility index (Phi) is 4.55. The van der Waals surface area contributed by atoms with Crippen LogP contribution in [0.5, 0.6) is 0 Å². The first-order chi connectivity index (χ1) is 5.43. The average molecular weight is 157 g/mol. The number of hydrogen-bond acceptors (Lipinski definition) is 2. The van der Waals surface area contributed by atoms with Crippen molar-refractivity contribution in [3.8, 4) is 0 Å². The number of ether oxygens (including phenoxy) is 1. The largest absolute Gasteiger partial charge is 0.381 e. The molecule has 0 aromatic rings. The molecule has 1 aliphatic rings. The molecule has 1 unspecified atom stereocenters. The summed E-state index contributed by atoms with van der Waals surface area (Å²) in [7, 11) is 0. The lowest BCUT2D eigenvalue weighted by Crippen LogP contribution is -2.15. The molecule has 0 radical (unpaired) electrons. The van der Waals surface area contributed by atoms with Crippen LogP contribution in [-0.2, 0) is 4.74 Å². The summed E-state index contributed by atoms with van der Waals surface area (Å²) < 4.78 is 5.40. The molecule has 0 bridgehead atoms. The third kappa shape index (κ3) is 3.73. The lowest BCUT2D eigenvalue weighted by molar-refractivity contribution is 0.106. The molecule has 2 nitrogen and oxygen atoms in total. The molecule has 1 N–H and O–H groups in total. The van der Waals surface area contributed by atoms with Gasteiger partial charge in [0.15, 0.2) is 0 Å². The Hall–Kier alpha value is -0.0800. The van der Waals surface area contributed by atoms with Crippen LogP contribution in [-0.4, -0.2) is 26.3 Å². The average Bonchev–Trinajstić information content (AvgIpc) is 2.28. The highest BCUT2D eigenvalue weighted by molar-refractivity contribution is 4.65. The van der Waals surface area contributed by atoms with Gasteiger partial charge in [-0.1, -0.05) is 0 Å². The van der Waals surface area contributed by atoms with Gasteiger partial charge in [-0.3, -0.25) is 0 Å². The Labute approximate surface area is 69.3 Å². The highest BCUT2D eigenvalue weighted by Gasteiger charge is 2.10. The van der Waals surface area contributed by atoms with Gasteiger partial charge in [0, 0.05) is 13.2 Å². The molecule has 1 atom stereocenters. The maximum Gasteiger partial charge on any atom is 0.0494 e. The van der Waals surface area contributed by atoms with Crippen LogP contribution in [0.15, 0.2) is 0 Å². The molecule has 0 aromatic heterocycles. The minimum absolute atomic E-state index is 0.810. The van der Waals surface area contributed by atoms with Gasteiger partial charge in [-0.2, -0.15) is 0 Å². The zero-order chi connectivity index (χ0) is 7.94. The minimum atomic E-state index is 0.810. The fourth-order valence-corrected chi connectivity index (χ4v) is 1.54. The first-order valence-electron chi connectivity index (χ1n) is 4.72. The molecule has 0 aromatic carbocycles. The summed E-state index contributed by atoms with van der Waals surface area (Å²) in [6.45, 7) is 6.28. The fourth-order valence-electron chi connectivity index (χ4n) is 1.54. The van der Waals surface area contributed by atoms with Gasteiger partial charge >= 0.3 is 0 Å². The Morgan fingerprint density at radius 1 is 1.36 bits per heavy atom. The van der Waals surface area contributed by atoms with Crippen molar-refractivity contribution in [3.63, 3.8) is 0 Å². The van der Waals surface area contributed by atoms with Crippen molar-refractivity contribution in [2.24, 2.45) is 5.92 Å². The Balaban J connectivity index is 2.09. The number of nitrogens with one attached hydrogen (secondary N) is 1. The molecule has 66 valence electrons. The predicted octanol–water partition coefficient (Wildman–Crippen LogP) is 1.41. The Bertz CT molecular complexity index is 87.6. The minimum Gasteiger partial charge on any atom is -0.381 e. The topological polar surface area (TPSA) is 21.3 Å². The van der Waals surface area contributed by atoms with Crippen molar-refractivity contribution in [1.82, 2.24) is 5.32 Å². The molecule has 11 heavy (non-hydrogen) atoms. The quantitative estimate of drug-likeness (QED) is 0.669. The summed E-state index contributed by atoms with van der Waals surface area (Å²) in [6, 6.07) is 0. The van der Waals surface area contributed by atoms with Crippen molar-refractivity contribution in [1.29, 1.82) is 0 Å². The second-order valence-corrected chi connectivity index (χ2v) is 3.21. The highest BCUT2D eigenvalue weighted by atomic mass is 16.5. The van der Waals surface area contributed by atoms with E-state index < -0.39 is 0 Å². The molecule has 0 aliphatic carbocycles. The van der Waals surface area contributed by atoms with E-state index in [1.807, 2.05) is 0 Å². The SMILES string of the molecule is CCOCC1CCCNCC1.